The number of carbonyl (C=O) groups is 1. The molecule has 1 aromatic rings. The number of hydrogen-bond acceptors (Lipinski definition) is 4. The van der Waals surface area contributed by atoms with Gasteiger partial charge in [-0.25, -0.2) is 0 Å². The quantitative estimate of drug-likeness (QED) is 0.816. The number of rotatable bonds is 2. The molecule has 0 aromatic heterocycles. The van der Waals surface area contributed by atoms with Crippen LogP contribution in [0, 0.1) is 5.41 Å². The van der Waals surface area contributed by atoms with Gasteiger partial charge in [-0.3, -0.25) is 4.79 Å². The number of fused-ring (bicyclic) bond motifs is 1. The molecule has 0 amide bonds. The monoisotopic (exact) mass is 249 g/mol. The molecule has 1 aromatic carbocycles. The van der Waals surface area contributed by atoms with Gasteiger partial charge in [0.2, 0.25) is 0 Å². The number of esters is 1. The van der Waals surface area contributed by atoms with Gasteiger partial charge in [0, 0.05) is 6.54 Å². The lowest BCUT2D eigenvalue weighted by Crippen LogP contribution is -2.45. The molecule has 18 heavy (non-hydrogen) atoms. The molecule has 1 heterocycles. The molecule has 1 aliphatic heterocycles. The minimum Gasteiger partial charge on any atom is -0.469 e. The minimum atomic E-state index is -0.792. The number of carbonyl (C=O) groups excluding carboxylic acids is 1. The Morgan fingerprint density at radius 2 is 2.11 bits per heavy atom. The van der Waals surface area contributed by atoms with Crippen LogP contribution in [0.15, 0.2) is 24.3 Å². The van der Waals surface area contributed by atoms with E-state index in [-0.39, 0.29) is 12.0 Å². The van der Waals surface area contributed by atoms with E-state index in [0.717, 1.165) is 12.0 Å². The Kier molecular flexibility index (Phi) is 3.41. The number of ether oxygens (including phenoxy) is 1. The van der Waals surface area contributed by atoms with Gasteiger partial charge in [-0.1, -0.05) is 24.3 Å². The molecule has 0 bridgehead atoms. The first kappa shape index (κ1) is 13.1. The van der Waals surface area contributed by atoms with E-state index in [9.17, 15) is 10.0 Å². The molecule has 0 saturated carbocycles. The minimum absolute atomic E-state index is 0.316. The van der Waals surface area contributed by atoms with Crippen molar-refractivity contribution in [1.29, 1.82) is 0 Å². The van der Waals surface area contributed by atoms with E-state index in [1.165, 1.54) is 17.7 Å². The predicted molar refractivity (Wildman–Crippen MR) is 67.2 cm³/mol. The second-order valence-corrected chi connectivity index (χ2v) is 5.23. The summed E-state index contributed by atoms with van der Waals surface area (Å²) in [6.45, 7) is 4.13. The zero-order chi connectivity index (χ0) is 13.3. The van der Waals surface area contributed by atoms with Crippen molar-refractivity contribution in [2.75, 3.05) is 13.7 Å². The number of benzene rings is 1. The van der Waals surface area contributed by atoms with Gasteiger partial charge >= 0.3 is 5.97 Å². The van der Waals surface area contributed by atoms with Crippen molar-refractivity contribution in [3.05, 3.63) is 35.4 Å². The Bertz CT molecular complexity index is 456. The van der Waals surface area contributed by atoms with Crippen molar-refractivity contribution in [3.63, 3.8) is 0 Å². The van der Waals surface area contributed by atoms with E-state index in [1.54, 1.807) is 13.8 Å². The third-order valence-corrected chi connectivity index (χ3v) is 3.65. The average molecular weight is 249 g/mol. The van der Waals surface area contributed by atoms with Gasteiger partial charge in [-0.15, -0.1) is 0 Å². The molecule has 0 fully saturated rings. The summed E-state index contributed by atoms with van der Waals surface area (Å²) in [7, 11) is 1.38. The third kappa shape index (κ3) is 2.02. The third-order valence-electron chi connectivity index (χ3n) is 3.65. The first-order valence-electron chi connectivity index (χ1n) is 6.10. The Hall–Kier alpha value is -1.39. The van der Waals surface area contributed by atoms with Crippen LogP contribution in [0.4, 0.5) is 0 Å². The highest BCUT2D eigenvalue weighted by atomic mass is 16.5. The smallest absolute Gasteiger partial charge is 0.313 e. The van der Waals surface area contributed by atoms with E-state index >= 15 is 0 Å². The normalized spacial score (nSPS) is 20.3. The van der Waals surface area contributed by atoms with Crippen molar-refractivity contribution in [3.8, 4) is 0 Å². The van der Waals surface area contributed by atoms with E-state index in [1.807, 2.05) is 24.3 Å². The van der Waals surface area contributed by atoms with Gasteiger partial charge in [0.15, 0.2) is 0 Å². The van der Waals surface area contributed by atoms with Crippen LogP contribution < -0.4 is 0 Å². The summed E-state index contributed by atoms with van der Waals surface area (Å²) in [5.74, 6) is -0.316. The van der Waals surface area contributed by atoms with Crippen molar-refractivity contribution < 1.29 is 14.7 Å². The first-order valence-corrected chi connectivity index (χ1v) is 6.10. The lowest BCUT2D eigenvalue weighted by molar-refractivity contribution is -0.185. The SMILES string of the molecule is COC(=O)C(C)(C)C1c2ccccc2CCN1O. The molecule has 1 atom stereocenters. The number of methoxy groups -OCH3 is 1. The van der Waals surface area contributed by atoms with Crippen LogP contribution in [0.5, 0.6) is 0 Å². The van der Waals surface area contributed by atoms with Crippen molar-refractivity contribution in [1.82, 2.24) is 5.06 Å². The van der Waals surface area contributed by atoms with E-state index in [4.69, 9.17) is 4.74 Å². The van der Waals surface area contributed by atoms with Crippen molar-refractivity contribution >= 4 is 5.97 Å². The van der Waals surface area contributed by atoms with Gasteiger partial charge in [-0.2, -0.15) is 5.06 Å². The number of nitrogens with zero attached hydrogens (tertiary/aromatic N) is 1. The predicted octanol–water partition coefficient (Wildman–Crippen LogP) is 2.17. The fourth-order valence-corrected chi connectivity index (χ4v) is 2.69. The highest BCUT2D eigenvalue weighted by Crippen LogP contribution is 2.42. The highest BCUT2D eigenvalue weighted by molar-refractivity contribution is 5.77. The van der Waals surface area contributed by atoms with Gasteiger partial charge < -0.3 is 9.94 Å². The van der Waals surface area contributed by atoms with Crippen LogP contribution >= 0.6 is 0 Å². The van der Waals surface area contributed by atoms with Crippen LogP contribution in [0.3, 0.4) is 0 Å². The second kappa shape index (κ2) is 4.71. The van der Waals surface area contributed by atoms with Crippen LogP contribution in [-0.4, -0.2) is 29.9 Å². The average Bonchev–Trinajstić information content (AvgIpc) is 2.37. The Labute approximate surface area is 107 Å². The molecule has 1 aliphatic rings. The summed E-state index contributed by atoms with van der Waals surface area (Å²) in [6, 6.07) is 7.55. The molecule has 0 spiro atoms. The van der Waals surface area contributed by atoms with Gasteiger partial charge in [0.25, 0.3) is 0 Å². The van der Waals surface area contributed by atoms with Crippen molar-refractivity contribution in [2.45, 2.75) is 26.3 Å². The fraction of sp³-hybridized carbons (Fsp3) is 0.500. The summed E-state index contributed by atoms with van der Waals surface area (Å²) in [5, 5.41) is 11.4. The zero-order valence-electron chi connectivity index (χ0n) is 11.0. The standard InChI is InChI=1S/C14H19NO3/c1-14(2,13(16)18-3)12-11-7-5-4-6-10(11)8-9-15(12)17/h4-7,12,17H,8-9H2,1-3H3. The summed E-state index contributed by atoms with van der Waals surface area (Å²) in [4.78, 5) is 11.9. The Balaban J connectivity index is 2.46. The van der Waals surface area contributed by atoms with Crippen LogP contribution in [0.25, 0.3) is 0 Å². The van der Waals surface area contributed by atoms with Crippen LogP contribution in [0.1, 0.15) is 31.0 Å². The van der Waals surface area contributed by atoms with Gasteiger partial charge in [0.05, 0.1) is 18.6 Å². The lowest BCUT2D eigenvalue weighted by atomic mass is 9.76. The topological polar surface area (TPSA) is 49.8 Å². The lowest BCUT2D eigenvalue weighted by Gasteiger charge is -2.40. The molecule has 2 rings (SSSR count). The van der Waals surface area contributed by atoms with Crippen molar-refractivity contribution in [2.24, 2.45) is 5.41 Å². The second-order valence-electron chi connectivity index (χ2n) is 5.23. The molecular formula is C14H19NO3. The Morgan fingerprint density at radius 1 is 1.44 bits per heavy atom. The van der Waals surface area contributed by atoms with Gasteiger partial charge in [0.1, 0.15) is 0 Å². The summed E-state index contributed by atoms with van der Waals surface area (Å²) >= 11 is 0. The molecule has 4 heteroatoms. The molecule has 4 nitrogen and oxygen atoms in total. The molecule has 0 aliphatic carbocycles. The first-order chi connectivity index (χ1) is 8.48. The van der Waals surface area contributed by atoms with Crippen LogP contribution in [0.2, 0.25) is 0 Å². The number of hydrogen-bond donors (Lipinski definition) is 1. The van der Waals surface area contributed by atoms with E-state index < -0.39 is 5.41 Å². The molecule has 1 N–H and O–H groups in total. The molecule has 0 saturated heterocycles. The largest absolute Gasteiger partial charge is 0.469 e. The maximum absolute atomic E-state index is 11.9. The molecule has 1 unspecified atom stereocenters. The highest BCUT2D eigenvalue weighted by Gasteiger charge is 2.44. The summed E-state index contributed by atoms with van der Waals surface area (Å²) in [6.07, 6.45) is 0.792. The Morgan fingerprint density at radius 3 is 2.78 bits per heavy atom. The van der Waals surface area contributed by atoms with Crippen LogP contribution in [-0.2, 0) is 16.0 Å². The summed E-state index contributed by atoms with van der Waals surface area (Å²) in [5.41, 5.74) is 1.39. The molecule has 0 radical (unpaired) electrons. The summed E-state index contributed by atoms with van der Waals surface area (Å²) < 4.78 is 4.85. The maximum atomic E-state index is 11.9. The molecular weight excluding hydrogens is 230 g/mol. The van der Waals surface area contributed by atoms with Gasteiger partial charge in [-0.05, 0) is 31.4 Å². The fourth-order valence-electron chi connectivity index (χ4n) is 2.69. The maximum Gasteiger partial charge on any atom is 0.313 e. The number of hydroxylamine groups is 2. The molecule has 98 valence electrons. The van der Waals surface area contributed by atoms with E-state index in [2.05, 4.69) is 0 Å². The van der Waals surface area contributed by atoms with E-state index in [0.29, 0.717) is 6.54 Å². The zero-order valence-corrected chi connectivity index (χ0v) is 11.0.